The van der Waals surface area contributed by atoms with Crippen LogP contribution in [0.25, 0.3) is 0 Å². The molecule has 0 saturated heterocycles. The van der Waals surface area contributed by atoms with E-state index >= 15 is 0 Å². The van der Waals surface area contributed by atoms with Crippen molar-refractivity contribution in [2.24, 2.45) is 0 Å². The molecular formula is C14H19N3O3S. The Balaban J connectivity index is 3.25. The van der Waals surface area contributed by atoms with Gasteiger partial charge in [-0.2, -0.15) is 9.57 Å². The number of nitriles is 1. The molecule has 0 spiro atoms. The number of nitrogens with zero attached hydrogens (tertiary/aromatic N) is 3. The van der Waals surface area contributed by atoms with Gasteiger partial charge in [-0.25, -0.2) is 8.42 Å². The number of hydrogen-bond acceptors (Lipinski definition) is 4. The summed E-state index contributed by atoms with van der Waals surface area (Å²) in [6, 6.07) is 6.42. The molecule has 21 heavy (non-hydrogen) atoms. The van der Waals surface area contributed by atoms with E-state index in [-0.39, 0.29) is 29.5 Å². The summed E-state index contributed by atoms with van der Waals surface area (Å²) in [5.41, 5.74) is 0.818. The van der Waals surface area contributed by atoms with Gasteiger partial charge in [0.15, 0.2) is 0 Å². The summed E-state index contributed by atoms with van der Waals surface area (Å²) >= 11 is 0. The lowest BCUT2D eigenvalue weighted by atomic mass is 10.2. The minimum Gasteiger partial charge on any atom is -0.348 e. The first-order valence-electron chi connectivity index (χ1n) is 6.45. The van der Waals surface area contributed by atoms with Crippen molar-refractivity contribution < 1.29 is 13.2 Å². The Morgan fingerprint density at radius 2 is 1.95 bits per heavy atom. The normalized spacial score (nSPS) is 11.2. The molecule has 0 aliphatic heterocycles. The lowest BCUT2D eigenvalue weighted by molar-refractivity contribution is -0.128. The van der Waals surface area contributed by atoms with Crippen LogP contribution in [0.3, 0.4) is 0 Å². The first-order valence-corrected chi connectivity index (χ1v) is 7.89. The van der Waals surface area contributed by atoms with E-state index in [0.717, 1.165) is 4.31 Å². The molecule has 0 fully saturated rings. The monoisotopic (exact) mass is 309 g/mol. The minimum absolute atomic E-state index is 0.0648. The topological polar surface area (TPSA) is 81.5 Å². The Hall–Kier alpha value is -1.91. The molecule has 0 unspecified atom stereocenters. The zero-order chi connectivity index (χ0) is 16.2. The molecule has 0 heterocycles. The van der Waals surface area contributed by atoms with Gasteiger partial charge in [-0.15, -0.1) is 0 Å². The highest BCUT2D eigenvalue weighted by Crippen LogP contribution is 2.21. The Morgan fingerprint density at radius 3 is 2.43 bits per heavy atom. The Morgan fingerprint density at radius 1 is 1.33 bits per heavy atom. The van der Waals surface area contributed by atoms with Crippen LogP contribution in [0.2, 0.25) is 0 Å². The van der Waals surface area contributed by atoms with Crippen molar-refractivity contribution in [1.29, 1.82) is 5.26 Å². The summed E-state index contributed by atoms with van der Waals surface area (Å²) < 4.78 is 26.4. The molecule has 0 atom stereocenters. The minimum atomic E-state index is -3.81. The highest BCUT2D eigenvalue weighted by atomic mass is 32.2. The second-order valence-electron chi connectivity index (χ2n) is 4.81. The maximum atomic E-state index is 12.7. The average Bonchev–Trinajstić information content (AvgIpc) is 2.44. The van der Waals surface area contributed by atoms with Gasteiger partial charge < -0.3 is 4.90 Å². The molecule has 1 aromatic carbocycles. The summed E-state index contributed by atoms with van der Waals surface area (Å²) in [6.07, 6.45) is 0. The Bertz CT molecular complexity index is 675. The molecular weight excluding hydrogens is 290 g/mol. The van der Waals surface area contributed by atoms with Gasteiger partial charge in [-0.3, -0.25) is 4.79 Å². The maximum Gasteiger partial charge on any atom is 0.243 e. The predicted molar refractivity (Wildman–Crippen MR) is 79.0 cm³/mol. The first-order chi connectivity index (χ1) is 9.73. The highest BCUT2D eigenvalue weighted by molar-refractivity contribution is 7.89. The molecule has 0 saturated carbocycles. The molecule has 0 aliphatic carbocycles. The van der Waals surface area contributed by atoms with Crippen LogP contribution >= 0.6 is 0 Å². The molecule has 0 radical (unpaired) electrons. The van der Waals surface area contributed by atoms with Crippen LogP contribution in [-0.2, 0) is 14.8 Å². The molecule has 7 heteroatoms. The highest BCUT2D eigenvalue weighted by Gasteiger charge is 2.27. The number of sulfonamides is 1. The third kappa shape index (κ3) is 3.80. The predicted octanol–water partition coefficient (Wildman–Crippen LogP) is 0.965. The van der Waals surface area contributed by atoms with E-state index in [4.69, 9.17) is 5.26 Å². The van der Waals surface area contributed by atoms with Gasteiger partial charge in [-0.1, -0.05) is 13.0 Å². The van der Waals surface area contributed by atoms with E-state index in [9.17, 15) is 13.2 Å². The summed E-state index contributed by atoms with van der Waals surface area (Å²) in [5.74, 6) is -0.297. The number of benzene rings is 1. The van der Waals surface area contributed by atoms with Gasteiger partial charge in [0.05, 0.1) is 23.1 Å². The lowest BCUT2D eigenvalue weighted by Gasteiger charge is -2.22. The van der Waals surface area contributed by atoms with Gasteiger partial charge in [0.25, 0.3) is 0 Å². The van der Waals surface area contributed by atoms with Crippen molar-refractivity contribution in [3.8, 4) is 6.07 Å². The van der Waals surface area contributed by atoms with Crippen LogP contribution in [0.4, 0.5) is 0 Å². The standard InChI is InChI=1S/C14H19N3O3S/c1-5-17(10-14(18)16(3)4)21(19,20)13-8-12(9-15)7-6-11(13)2/h6-8H,5,10H2,1-4H3. The molecule has 6 nitrogen and oxygen atoms in total. The molecule has 1 aromatic rings. The number of amides is 1. The van der Waals surface area contributed by atoms with Gasteiger partial charge in [0, 0.05) is 20.6 Å². The van der Waals surface area contributed by atoms with Gasteiger partial charge in [-0.05, 0) is 24.6 Å². The number of aryl methyl sites for hydroxylation is 1. The number of rotatable bonds is 5. The van der Waals surface area contributed by atoms with E-state index in [0.29, 0.717) is 5.56 Å². The van der Waals surface area contributed by atoms with Crippen LogP contribution < -0.4 is 0 Å². The lowest BCUT2D eigenvalue weighted by Crippen LogP contribution is -2.40. The largest absolute Gasteiger partial charge is 0.348 e. The zero-order valence-electron chi connectivity index (χ0n) is 12.6. The zero-order valence-corrected chi connectivity index (χ0v) is 13.4. The number of carbonyl (C=O) groups is 1. The fraction of sp³-hybridized carbons (Fsp3) is 0.429. The number of carbonyl (C=O) groups excluding carboxylic acids is 1. The molecule has 0 bridgehead atoms. The first kappa shape index (κ1) is 17.1. The number of hydrogen-bond donors (Lipinski definition) is 0. The molecule has 1 rings (SSSR count). The molecule has 114 valence electrons. The summed E-state index contributed by atoms with van der Waals surface area (Å²) in [4.78, 5) is 13.2. The van der Waals surface area contributed by atoms with Crippen molar-refractivity contribution in [3.63, 3.8) is 0 Å². The smallest absolute Gasteiger partial charge is 0.243 e. The third-order valence-electron chi connectivity index (χ3n) is 3.10. The SMILES string of the molecule is CCN(CC(=O)N(C)C)S(=O)(=O)c1cc(C#N)ccc1C. The van der Waals surface area contributed by atoms with Crippen LogP contribution in [0.15, 0.2) is 23.1 Å². The van der Waals surface area contributed by atoms with Crippen LogP contribution in [0.1, 0.15) is 18.1 Å². The second-order valence-corrected chi connectivity index (χ2v) is 6.72. The quantitative estimate of drug-likeness (QED) is 0.811. The van der Waals surface area contributed by atoms with Crippen molar-refractivity contribution in [3.05, 3.63) is 29.3 Å². The Labute approximate surface area is 125 Å². The molecule has 0 aliphatic rings. The van der Waals surface area contributed by atoms with Gasteiger partial charge in [0.1, 0.15) is 0 Å². The maximum absolute atomic E-state index is 12.7. The van der Waals surface area contributed by atoms with Crippen molar-refractivity contribution in [1.82, 2.24) is 9.21 Å². The van der Waals surface area contributed by atoms with E-state index in [2.05, 4.69) is 0 Å². The summed E-state index contributed by atoms with van der Waals surface area (Å²) in [5, 5.41) is 8.91. The van der Waals surface area contributed by atoms with Gasteiger partial charge >= 0.3 is 0 Å². The number of likely N-dealkylation sites (N-methyl/N-ethyl adjacent to an activating group) is 2. The molecule has 0 N–H and O–H groups in total. The van der Waals surface area contributed by atoms with E-state index in [1.807, 2.05) is 6.07 Å². The van der Waals surface area contributed by atoms with Crippen molar-refractivity contribution >= 4 is 15.9 Å². The van der Waals surface area contributed by atoms with E-state index in [1.165, 1.54) is 11.0 Å². The summed E-state index contributed by atoms with van der Waals surface area (Å²) in [7, 11) is -0.661. The molecule has 0 aromatic heterocycles. The fourth-order valence-corrected chi connectivity index (χ4v) is 3.39. The van der Waals surface area contributed by atoms with Crippen LogP contribution in [-0.4, -0.2) is 50.7 Å². The average molecular weight is 309 g/mol. The van der Waals surface area contributed by atoms with E-state index in [1.54, 1.807) is 40.1 Å². The van der Waals surface area contributed by atoms with E-state index < -0.39 is 10.0 Å². The van der Waals surface area contributed by atoms with Crippen molar-refractivity contribution in [2.75, 3.05) is 27.2 Å². The second kappa shape index (κ2) is 6.70. The third-order valence-corrected chi connectivity index (χ3v) is 5.16. The van der Waals surface area contributed by atoms with Crippen LogP contribution in [0.5, 0.6) is 0 Å². The fourth-order valence-electron chi connectivity index (χ4n) is 1.75. The molecule has 1 amide bonds. The Kier molecular flexibility index (Phi) is 5.47. The van der Waals surface area contributed by atoms with Gasteiger partial charge in [0.2, 0.25) is 15.9 Å². The van der Waals surface area contributed by atoms with Crippen LogP contribution in [0, 0.1) is 18.3 Å². The summed E-state index contributed by atoms with van der Waals surface area (Å²) in [6.45, 7) is 3.29. The van der Waals surface area contributed by atoms with Crippen molar-refractivity contribution in [2.45, 2.75) is 18.7 Å².